The molecule has 0 heterocycles. The Balaban J connectivity index is 2.72. The zero-order valence-electron chi connectivity index (χ0n) is 12.1. The van der Waals surface area contributed by atoms with E-state index in [0.29, 0.717) is 5.69 Å². The van der Waals surface area contributed by atoms with Crippen molar-refractivity contribution in [2.24, 2.45) is 11.7 Å². The van der Waals surface area contributed by atoms with Crippen LogP contribution < -0.4 is 11.5 Å². The fourth-order valence-electron chi connectivity index (χ4n) is 3.46. The Labute approximate surface area is 120 Å². The predicted octanol–water partition coefficient (Wildman–Crippen LogP) is 2.77. The van der Waals surface area contributed by atoms with E-state index in [1.165, 1.54) is 6.21 Å². The molecule has 0 amide bonds. The smallest absolute Gasteiger partial charge is 0.119 e. The van der Waals surface area contributed by atoms with E-state index in [2.05, 4.69) is 6.92 Å². The Hall–Kier alpha value is -1.81. The van der Waals surface area contributed by atoms with Gasteiger partial charge in [-0.25, -0.2) is 0 Å². The van der Waals surface area contributed by atoms with E-state index < -0.39 is 5.60 Å². The van der Waals surface area contributed by atoms with Crippen LogP contribution in [0, 0.1) is 11.3 Å². The molecule has 5 N–H and O–H groups in total. The minimum absolute atomic E-state index is 0.288. The van der Waals surface area contributed by atoms with Crippen LogP contribution in [0.4, 0.5) is 5.69 Å². The molecule has 108 valence electrons. The Bertz CT molecular complexity index is 539. The Morgan fingerprint density at radius 3 is 2.80 bits per heavy atom. The highest BCUT2D eigenvalue weighted by molar-refractivity contribution is 5.87. The van der Waals surface area contributed by atoms with Crippen LogP contribution in [0.15, 0.2) is 30.0 Å². The number of anilines is 1. The first-order valence-corrected chi connectivity index (χ1v) is 6.97. The molecule has 0 saturated heterocycles. The average molecular weight is 273 g/mol. The molecule has 4 nitrogen and oxygen atoms in total. The van der Waals surface area contributed by atoms with Crippen molar-refractivity contribution in [3.8, 4) is 0 Å². The first-order valence-electron chi connectivity index (χ1n) is 6.97. The highest BCUT2D eigenvalue weighted by atomic mass is 16.5. The first kappa shape index (κ1) is 14.6. The molecule has 1 fully saturated rings. The number of ether oxygens (including phenoxy) is 1. The third-order valence-electron chi connectivity index (χ3n) is 4.46. The Morgan fingerprint density at radius 2 is 2.20 bits per heavy atom. The van der Waals surface area contributed by atoms with E-state index in [0.717, 1.165) is 36.0 Å². The predicted molar refractivity (Wildman–Crippen MR) is 82.7 cm³/mol. The number of nitrogen functional groups attached to an aromatic ring is 1. The molecule has 20 heavy (non-hydrogen) atoms. The third-order valence-corrected chi connectivity index (χ3v) is 4.46. The standard InChI is InChI=1S/C16H23N3O/c1-11-5-3-6-12(9-17)16(11,20-2)14-7-4-8-15(19)13(14)10-18/h4,7-11,18H,3,5-6,17,19H2,1-2H3/b12-9+,18-10?. The number of nitrogens with one attached hydrogen (secondary N) is 1. The summed E-state index contributed by atoms with van der Waals surface area (Å²) in [6.07, 6.45) is 6.06. The van der Waals surface area contributed by atoms with Gasteiger partial charge in [-0.1, -0.05) is 19.1 Å². The monoisotopic (exact) mass is 273 g/mol. The lowest BCUT2D eigenvalue weighted by molar-refractivity contribution is -0.0432. The van der Waals surface area contributed by atoms with Gasteiger partial charge in [0.05, 0.1) is 0 Å². The van der Waals surface area contributed by atoms with Crippen molar-refractivity contribution in [2.45, 2.75) is 31.8 Å². The lowest BCUT2D eigenvalue weighted by atomic mass is 9.68. The maximum atomic E-state index is 7.68. The maximum Gasteiger partial charge on any atom is 0.119 e. The van der Waals surface area contributed by atoms with E-state index in [9.17, 15) is 0 Å². The van der Waals surface area contributed by atoms with Gasteiger partial charge in [0.1, 0.15) is 5.60 Å². The second kappa shape index (κ2) is 5.67. The molecule has 2 unspecified atom stereocenters. The van der Waals surface area contributed by atoms with Crippen LogP contribution in [0.5, 0.6) is 0 Å². The summed E-state index contributed by atoms with van der Waals surface area (Å²) in [7, 11) is 1.71. The molecular formula is C16H23N3O. The second-order valence-electron chi connectivity index (χ2n) is 5.38. The lowest BCUT2D eigenvalue weighted by Gasteiger charge is -2.44. The van der Waals surface area contributed by atoms with Gasteiger partial charge >= 0.3 is 0 Å². The van der Waals surface area contributed by atoms with Gasteiger partial charge in [0, 0.05) is 24.6 Å². The van der Waals surface area contributed by atoms with Crippen LogP contribution in [0.2, 0.25) is 0 Å². The molecular weight excluding hydrogens is 250 g/mol. The number of hydrogen-bond acceptors (Lipinski definition) is 4. The van der Waals surface area contributed by atoms with Crippen molar-refractivity contribution in [1.29, 1.82) is 5.41 Å². The van der Waals surface area contributed by atoms with Gasteiger partial charge in [0.15, 0.2) is 0 Å². The maximum absolute atomic E-state index is 7.68. The van der Waals surface area contributed by atoms with Crippen molar-refractivity contribution in [1.82, 2.24) is 0 Å². The number of nitrogens with two attached hydrogens (primary N) is 2. The van der Waals surface area contributed by atoms with E-state index in [1.54, 1.807) is 13.3 Å². The van der Waals surface area contributed by atoms with Gasteiger partial charge in [-0.05, 0) is 48.6 Å². The van der Waals surface area contributed by atoms with Gasteiger partial charge in [-0.3, -0.25) is 0 Å². The molecule has 1 saturated carbocycles. The van der Waals surface area contributed by atoms with Crippen molar-refractivity contribution < 1.29 is 4.74 Å². The van der Waals surface area contributed by atoms with Crippen molar-refractivity contribution >= 4 is 11.9 Å². The van der Waals surface area contributed by atoms with E-state index in [-0.39, 0.29) is 5.92 Å². The zero-order valence-corrected chi connectivity index (χ0v) is 12.1. The topological polar surface area (TPSA) is 85.1 Å². The SMILES string of the molecule is COC1(c2cccc(N)c2C=N)/C(=C/N)CCCC1C. The molecule has 1 aromatic rings. The van der Waals surface area contributed by atoms with Gasteiger partial charge < -0.3 is 21.6 Å². The molecule has 2 atom stereocenters. The van der Waals surface area contributed by atoms with Crippen LogP contribution in [-0.2, 0) is 10.3 Å². The lowest BCUT2D eigenvalue weighted by Crippen LogP contribution is -2.42. The molecule has 4 heteroatoms. The number of benzene rings is 1. The molecule has 2 rings (SSSR count). The van der Waals surface area contributed by atoms with Gasteiger partial charge in [-0.2, -0.15) is 0 Å². The third kappa shape index (κ3) is 2.00. The normalized spacial score (nSPS) is 28.5. The summed E-state index contributed by atoms with van der Waals surface area (Å²) < 4.78 is 5.97. The molecule has 1 aromatic carbocycles. The van der Waals surface area contributed by atoms with Crippen molar-refractivity contribution in [2.75, 3.05) is 12.8 Å². The highest BCUT2D eigenvalue weighted by Crippen LogP contribution is 2.48. The number of methoxy groups -OCH3 is 1. The molecule has 0 bridgehead atoms. The molecule has 0 radical (unpaired) electrons. The summed E-state index contributed by atoms with van der Waals surface area (Å²) in [5.74, 6) is 0.288. The largest absolute Gasteiger partial charge is 0.405 e. The minimum Gasteiger partial charge on any atom is -0.405 e. The molecule has 0 aliphatic heterocycles. The zero-order chi connectivity index (χ0) is 14.8. The minimum atomic E-state index is -0.574. The van der Waals surface area contributed by atoms with Crippen LogP contribution >= 0.6 is 0 Å². The number of rotatable bonds is 3. The van der Waals surface area contributed by atoms with Crippen LogP contribution in [-0.4, -0.2) is 13.3 Å². The van der Waals surface area contributed by atoms with Gasteiger partial charge in [-0.15, -0.1) is 0 Å². The van der Waals surface area contributed by atoms with E-state index in [4.69, 9.17) is 21.6 Å². The molecule has 0 spiro atoms. The molecule has 0 aromatic heterocycles. The van der Waals surface area contributed by atoms with Crippen molar-refractivity contribution in [3.05, 3.63) is 41.1 Å². The van der Waals surface area contributed by atoms with Crippen LogP contribution in [0.1, 0.15) is 37.3 Å². The second-order valence-corrected chi connectivity index (χ2v) is 5.38. The quantitative estimate of drug-likeness (QED) is 0.584. The number of hydrogen-bond donors (Lipinski definition) is 3. The van der Waals surface area contributed by atoms with Gasteiger partial charge in [0.25, 0.3) is 0 Å². The van der Waals surface area contributed by atoms with E-state index in [1.807, 2.05) is 18.2 Å². The summed E-state index contributed by atoms with van der Waals surface area (Å²) in [5, 5.41) is 7.68. The van der Waals surface area contributed by atoms with Crippen molar-refractivity contribution in [3.63, 3.8) is 0 Å². The summed E-state index contributed by atoms with van der Waals surface area (Å²) in [5.41, 5.74) is 14.7. The fraction of sp³-hybridized carbons (Fsp3) is 0.438. The van der Waals surface area contributed by atoms with E-state index >= 15 is 0 Å². The fourth-order valence-corrected chi connectivity index (χ4v) is 3.46. The molecule has 1 aliphatic rings. The summed E-state index contributed by atoms with van der Waals surface area (Å²) in [6, 6.07) is 5.71. The average Bonchev–Trinajstić information content (AvgIpc) is 2.47. The van der Waals surface area contributed by atoms with Crippen LogP contribution in [0.3, 0.4) is 0 Å². The Morgan fingerprint density at radius 1 is 1.45 bits per heavy atom. The summed E-state index contributed by atoms with van der Waals surface area (Å²) >= 11 is 0. The highest BCUT2D eigenvalue weighted by Gasteiger charge is 2.45. The van der Waals surface area contributed by atoms with Crippen LogP contribution in [0.25, 0.3) is 0 Å². The first-order chi connectivity index (χ1) is 9.61. The van der Waals surface area contributed by atoms with Gasteiger partial charge in [0.2, 0.25) is 0 Å². The summed E-state index contributed by atoms with van der Waals surface area (Å²) in [6.45, 7) is 2.17. The summed E-state index contributed by atoms with van der Waals surface area (Å²) in [4.78, 5) is 0. The molecule has 1 aliphatic carbocycles. The Kier molecular flexibility index (Phi) is 4.14.